The molecule has 0 aliphatic carbocycles. The molecule has 2 aromatic carbocycles. The van der Waals surface area contributed by atoms with E-state index in [1.807, 2.05) is 13.0 Å². The molecule has 2 rings (SSSR count). The highest BCUT2D eigenvalue weighted by Crippen LogP contribution is 2.24. The Hall–Kier alpha value is -2.05. The van der Waals surface area contributed by atoms with E-state index in [9.17, 15) is 13.5 Å². The summed E-state index contributed by atoms with van der Waals surface area (Å²) in [4.78, 5) is 0.0776. The summed E-state index contributed by atoms with van der Waals surface area (Å²) in [6.45, 7) is 1.59. The Kier molecular flexibility index (Phi) is 4.50. The van der Waals surface area contributed by atoms with Crippen LogP contribution in [-0.4, -0.2) is 20.6 Å². The van der Waals surface area contributed by atoms with Crippen molar-refractivity contribution in [1.82, 2.24) is 0 Å². The van der Waals surface area contributed by atoms with Crippen LogP contribution < -0.4 is 9.46 Å². The van der Waals surface area contributed by atoms with Gasteiger partial charge in [-0.3, -0.25) is 4.72 Å². The van der Waals surface area contributed by atoms with Crippen LogP contribution in [0, 0.1) is 6.92 Å². The number of methoxy groups -OCH3 is 1. The Balaban J connectivity index is 2.35. The number of hydrogen-bond acceptors (Lipinski definition) is 4. The highest BCUT2D eigenvalue weighted by molar-refractivity contribution is 7.92. The molecule has 0 heterocycles. The zero-order valence-electron chi connectivity index (χ0n) is 11.8. The van der Waals surface area contributed by atoms with E-state index in [-0.39, 0.29) is 11.5 Å². The minimum atomic E-state index is -3.70. The van der Waals surface area contributed by atoms with Gasteiger partial charge in [0.2, 0.25) is 0 Å². The molecule has 0 saturated heterocycles. The molecule has 0 bridgehead atoms. The second-order valence-corrected chi connectivity index (χ2v) is 6.29. The van der Waals surface area contributed by atoms with Crippen molar-refractivity contribution >= 4 is 15.7 Å². The normalized spacial score (nSPS) is 11.2. The first kappa shape index (κ1) is 15.3. The number of sulfonamides is 1. The Morgan fingerprint density at radius 1 is 1.19 bits per heavy atom. The van der Waals surface area contributed by atoms with E-state index >= 15 is 0 Å². The minimum absolute atomic E-state index is 0.0776. The van der Waals surface area contributed by atoms with Crippen LogP contribution in [-0.2, 0) is 16.6 Å². The zero-order chi connectivity index (χ0) is 15.5. The van der Waals surface area contributed by atoms with Crippen LogP contribution in [0.5, 0.6) is 5.75 Å². The number of ether oxygens (including phenoxy) is 1. The van der Waals surface area contributed by atoms with Gasteiger partial charge in [-0.2, -0.15) is 0 Å². The number of aryl methyl sites for hydroxylation is 1. The molecule has 0 fully saturated rings. The first-order chi connectivity index (χ1) is 9.96. The van der Waals surface area contributed by atoms with Gasteiger partial charge < -0.3 is 9.84 Å². The van der Waals surface area contributed by atoms with Crippen molar-refractivity contribution < 1.29 is 18.3 Å². The second kappa shape index (κ2) is 6.15. The predicted molar refractivity (Wildman–Crippen MR) is 80.9 cm³/mol. The average molecular weight is 307 g/mol. The van der Waals surface area contributed by atoms with Gasteiger partial charge in [0, 0.05) is 11.3 Å². The van der Waals surface area contributed by atoms with Crippen molar-refractivity contribution in [3.8, 4) is 5.75 Å². The maximum absolute atomic E-state index is 12.3. The van der Waals surface area contributed by atoms with E-state index in [2.05, 4.69) is 4.72 Å². The molecule has 112 valence electrons. The third-order valence-corrected chi connectivity index (χ3v) is 4.38. The third-order valence-electron chi connectivity index (χ3n) is 3.00. The van der Waals surface area contributed by atoms with Gasteiger partial charge in [-0.1, -0.05) is 12.1 Å². The smallest absolute Gasteiger partial charge is 0.261 e. The number of aliphatic hydroxyl groups excluding tert-OH is 1. The highest BCUT2D eigenvalue weighted by Gasteiger charge is 2.16. The molecule has 0 aliphatic heterocycles. The van der Waals surface area contributed by atoms with Gasteiger partial charge >= 0.3 is 0 Å². The zero-order valence-corrected chi connectivity index (χ0v) is 12.6. The Morgan fingerprint density at radius 3 is 2.57 bits per heavy atom. The predicted octanol–water partition coefficient (Wildman–Crippen LogP) is 2.30. The first-order valence-corrected chi connectivity index (χ1v) is 7.82. The van der Waals surface area contributed by atoms with Gasteiger partial charge in [-0.05, 0) is 42.8 Å². The Morgan fingerprint density at radius 2 is 1.95 bits per heavy atom. The molecule has 2 aromatic rings. The topological polar surface area (TPSA) is 75.6 Å². The summed E-state index contributed by atoms with van der Waals surface area (Å²) >= 11 is 0. The first-order valence-electron chi connectivity index (χ1n) is 6.33. The van der Waals surface area contributed by atoms with E-state index in [1.165, 1.54) is 25.3 Å². The van der Waals surface area contributed by atoms with Crippen molar-refractivity contribution in [2.24, 2.45) is 0 Å². The van der Waals surface area contributed by atoms with E-state index in [1.54, 1.807) is 18.2 Å². The number of anilines is 1. The molecule has 2 N–H and O–H groups in total. The van der Waals surface area contributed by atoms with Crippen LogP contribution in [0.1, 0.15) is 11.1 Å². The lowest BCUT2D eigenvalue weighted by molar-refractivity contribution is 0.273. The summed E-state index contributed by atoms with van der Waals surface area (Å²) in [6, 6.07) is 11.5. The quantitative estimate of drug-likeness (QED) is 0.888. The fraction of sp³-hybridized carbons (Fsp3) is 0.200. The van der Waals surface area contributed by atoms with E-state index in [0.717, 1.165) is 5.56 Å². The molecule has 21 heavy (non-hydrogen) atoms. The molecule has 0 spiro atoms. The third kappa shape index (κ3) is 3.53. The molecule has 0 aromatic heterocycles. The Bertz CT molecular complexity index is 741. The maximum atomic E-state index is 12.3. The summed E-state index contributed by atoms with van der Waals surface area (Å²) in [5.41, 5.74) is 1.88. The van der Waals surface area contributed by atoms with E-state index in [0.29, 0.717) is 17.0 Å². The Labute approximate surface area is 124 Å². The summed E-state index contributed by atoms with van der Waals surface area (Å²) in [5.74, 6) is 0.451. The van der Waals surface area contributed by atoms with Crippen LogP contribution in [0.25, 0.3) is 0 Å². The van der Waals surface area contributed by atoms with Crippen LogP contribution in [0.3, 0.4) is 0 Å². The van der Waals surface area contributed by atoms with Gasteiger partial charge in [0.25, 0.3) is 10.0 Å². The number of nitrogens with one attached hydrogen (secondary N) is 1. The summed E-state index contributed by atoms with van der Waals surface area (Å²) in [5, 5.41) is 9.27. The van der Waals surface area contributed by atoms with Gasteiger partial charge in [0.05, 0.1) is 18.6 Å². The van der Waals surface area contributed by atoms with Gasteiger partial charge in [-0.15, -0.1) is 0 Å². The molecule has 6 heteroatoms. The molecule has 0 unspecified atom stereocenters. The lowest BCUT2D eigenvalue weighted by Gasteiger charge is -2.11. The van der Waals surface area contributed by atoms with Crippen LogP contribution in [0.2, 0.25) is 0 Å². The molecule has 0 aliphatic rings. The van der Waals surface area contributed by atoms with Crippen molar-refractivity contribution in [1.29, 1.82) is 0 Å². The van der Waals surface area contributed by atoms with E-state index < -0.39 is 10.0 Å². The summed E-state index contributed by atoms with van der Waals surface area (Å²) in [7, 11) is -2.24. The number of benzene rings is 2. The highest BCUT2D eigenvalue weighted by atomic mass is 32.2. The van der Waals surface area contributed by atoms with Crippen molar-refractivity contribution in [3.63, 3.8) is 0 Å². The SMILES string of the molecule is COc1ccc(S(=O)(=O)Nc2cccc(C)c2)cc1CO. The van der Waals surface area contributed by atoms with Crippen molar-refractivity contribution in [3.05, 3.63) is 53.6 Å². The van der Waals surface area contributed by atoms with Gasteiger partial charge in [0.1, 0.15) is 5.75 Å². The summed E-state index contributed by atoms with van der Waals surface area (Å²) in [6.07, 6.45) is 0. The average Bonchev–Trinajstić information content (AvgIpc) is 2.46. The van der Waals surface area contributed by atoms with Gasteiger partial charge in [0.15, 0.2) is 0 Å². The fourth-order valence-corrected chi connectivity index (χ4v) is 3.07. The molecular weight excluding hydrogens is 290 g/mol. The fourth-order valence-electron chi connectivity index (χ4n) is 1.97. The molecule has 0 saturated carbocycles. The van der Waals surface area contributed by atoms with Crippen LogP contribution in [0.4, 0.5) is 5.69 Å². The molecule has 0 radical (unpaired) electrons. The molecule has 5 nitrogen and oxygen atoms in total. The summed E-state index contributed by atoms with van der Waals surface area (Å²) < 4.78 is 32.3. The van der Waals surface area contributed by atoms with E-state index in [4.69, 9.17) is 4.74 Å². The second-order valence-electron chi connectivity index (χ2n) is 4.61. The van der Waals surface area contributed by atoms with Crippen LogP contribution in [0.15, 0.2) is 47.4 Å². The largest absolute Gasteiger partial charge is 0.496 e. The minimum Gasteiger partial charge on any atom is -0.496 e. The standard InChI is InChI=1S/C15H17NO4S/c1-11-4-3-5-13(8-11)16-21(18,19)14-6-7-15(20-2)12(9-14)10-17/h3-9,16-17H,10H2,1-2H3. The lowest BCUT2D eigenvalue weighted by atomic mass is 10.2. The van der Waals surface area contributed by atoms with Crippen LogP contribution >= 0.6 is 0 Å². The molecule has 0 amide bonds. The van der Waals surface area contributed by atoms with Crippen molar-refractivity contribution in [2.45, 2.75) is 18.4 Å². The maximum Gasteiger partial charge on any atom is 0.261 e. The molecule has 0 atom stereocenters. The van der Waals surface area contributed by atoms with Crippen molar-refractivity contribution in [2.75, 3.05) is 11.8 Å². The lowest BCUT2D eigenvalue weighted by Crippen LogP contribution is -2.13. The number of aliphatic hydroxyl groups is 1. The number of rotatable bonds is 5. The molecular formula is C15H17NO4S. The monoisotopic (exact) mass is 307 g/mol. The van der Waals surface area contributed by atoms with Gasteiger partial charge in [-0.25, -0.2) is 8.42 Å². The number of hydrogen-bond donors (Lipinski definition) is 2.